The van der Waals surface area contributed by atoms with E-state index in [2.05, 4.69) is 9.98 Å². The van der Waals surface area contributed by atoms with Crippen molar-refractivity contribution in [3.8, 4) is 11.5 Å². The number of nitrogens with zero attached hydrogens (tertiary/aromatic N) is 2. The largest absolute Gasteiger partial charge is 0.519 e. The minimum absolute atomic E-state index is 0.283. The number of hydrogen-bond donors (Lipinski definition) is 2. The van der Waals surface area contributed by atoms with Gasteiger partial charge in [-0.3, -0.25) is 0 Å². The number of carbonyl (C=O) groups is 1. The third-order valence-electron chi connectivity index (χ3n) is 5.59. The van der Waals surface area contributed by atoms with Crippen LogP contribution >= 0.6 is 0 Å². The van der Waals surface area contributed by atoms with Gasteiger partial charge in [0.1, 0.15) is 11.5 Å². The van der Waals surface area contributed by atoms with E-state index in [4.69, 9.17) is 19.7 Å². The average Bonchev–Trinajstić information content (AvgIpc) is 3.03. The molecule has 2 N–H and O–H groups in total. The van der Waals surface area contributed by atoms with Crippen LogP contribution in [0.1, 0.15) is 36.8 Å². The first-order valence-corrected chi connectivity index (χ1v) is 13.6. The highest BCUT2D eigenvalue weighted by molar-refractivity contribution is 5.66. The Hall–Kier alpha value is -5.17. The normalized spacial score (nSPS) is 9.44. The second kappa shape index (κ2) is 21.6. The van der Waals surface area contributed by atoms with Gasteiger partial charge in [0.25, 0.3) is 0 Å². The number of aliphatic hydroxyl groups excluding tert-OH is 2. The van der Waals surface area contributed by atoms with Gasteiger partial charge in [0.05, 0.1) is 11.4 Å². The molecule has 9 heteroatoms. The number of isocyanates is 2. The molecule has 0 bridgehead atoms. The van der Waals surface area contributed by atoms with Gasteiger partial charge in [-0.25, -0.2) is 14.4 Å². The number of para-hydroxylation sites is 2. The molecule has 4 aromatic rings. The van der Waals surface area contributed by atoms with Crippen LogP contribution in [0, 0.1) is 0 Å². The van der Waals surface area contributed by atoms with Gasteiger partial charge in [-0.15, -0.1) is 0 Å². The predicted molar refractivity (Wildman–Crippen MR) is 163 cm³/mol. The van der Waals surface area contributed by atoms with E-state index in [1.165, 1.54) is 12.2 Å². The third kappa shape index (κ3) is 15.4. The molecule has 0 heterocycles. The molecule has 43 heavy (non-hydrogen) atoms. The molecule has 0 fully saturated rings. The summed E-state index contributed by atoms with van der Waals surface area (Å²) in [6, 6.07) is 32.3. The molecular formula is C34H34N2O7. The smallest absolute Gasteiger partial charge is 0.396 e. The van der Waals surface area contributed by atoms with Crippen LogP contribution in [0.2, 0.25) is 0 Å². The van der Waals surface area contributed by atoms with Gasteiger partial charge >= 0.3 is 6.16 Å². The zero-order chi connectivity index (χ0) is 31.0. The number of aliphatic imine (C=N–C) groups is 2. The maximum Gasteiger partial charge on any atom is 0.519 e. The summed E-state index contributed by atoms with van der Waals surface area (Å²) in [7, 11) is 0. The average molecular weight is 583 g/mol. The van der Waals surface area contributed by atoms with Gasteiger partial charge in [0.2, 0.25) is 12.2 Å². The van der Waals surface area contributed by atoms with E-state index >= 15 is 0 Å². The Morgan fingerprint density at radius 1 is 0.558 bits per heavy atom. The molecule has 0 aliphatic heterocycles. The molecule has 9 nitrogen and oxygen atoms in total. The second-order valence-electron chi connectivity index (χ2n) is 8.86. The minimum atomic E-state index is -0.739. The number of benzene rings is 4. The summed E-state index contributed by atoms with van der Waals surface area (Å²) in [5.41, 5.74) is 3.40. The first-order valence-electron chi connectivity index (χ1n) is 13.6. The van der Waals surface area contributed by atoms with Gasteiger partial charge in [0.15, 0.2) is 0 Å². The molecule has 222 valence electrons. The van der Waals surface area contributed by atoms with Crippen LogP contribution in [-0.4, -0.2) is 41.7 Å². The molecule has 0 atom stereocenters. The van der Waals surface area contributed by atoms with Gasteiger partial charge in [0, 0.05) is 13.2 Å². The number of ether oxygens (including phenoxy) is 2. The Morgan fingerprint density at radius 2 is 0.930 bits per heavy atom. The molecule has 4 aromatic carbocycles. The summed E-state index contributed by atoms with van der Waals surface area (Å²) in [5.74, 6) is 0.923. The van der Waals surface area contributed by atoms with Crippen molar-refractivity contribution in [2.75, 3.05) is 13.2 Å². The van der Waals surface area contributed by atoms with Crippen LogP contribution in [0.25, 0.3) is 0 Å². The van der Waals surface area contributed by atoms with E-state index in [1.807, 2.05) is 36.4 Å². The summed E-state index contributed by atoms with van der Waals surface area (Å²) < 4.78 is 9.91. The molecule has 0 unspecified atom stereocenters. The Balaban J connectivity index is 0.000000244. The number of unbranched alkanes of at least 4 members (excludes halogenated alkanes) is 3. The summed E-state index contributed by atoms with van der Waals surface area (Å²) in [6.07, 6.45) is 6.86. The highest BCUT2D eigenvalue weighted by Gasteiger charge is 2.06. The van der Waals surface area contributed by atoms with Crippen molar-refractivity contribution in [1.82, 2.24) is 0 Å². The van der Waals surface area contributed by atoms with Crippen molar-refractivity contribution in [3.05, 3.63) is 120 Å². The topological polar surface area (TPSA) is 135 Å². The van der Waals surface area contributed by atoms with Crippen LogP contribution in [0.3, 0.4) is 0 Å². The Labute approximate surface area is 250 Å². The van der Waals surface area contributed by atoms with Crippen molar-refractivity contribution in [2.24, 2.45) is 9.98 Å². The SMILES string of the molecule is O=C(Oc1ccccc1)Oc1ccccc1.O=C=Nc1ccc(Cc2ccc(N=C=O)cc2)cc1.OCCCCCCO. The highest BCUT2D eigenvalue weighted by Crippen LogP contribution is 2.18. The first-order chi connectivity index (χ1) is 21.1. The van der Waals surface area contributed by atoms with Crippen molar-refractivity contribution in [3.63, 3.8) is 0 Å². The molecular weight excluding hydrogens is 548 g/mol. The van der Waals surface area contributed by atoms with Crippen LogP contribution in [-0.2, 0) is 16.0 Å². The zero-order valence-electron chi connectivity index (χ0n) is 23.7. The number of carbonyl (C=O) groups excluding carboxylic acids is 3. The lowest BCUT2D eigenvalue weighted by molar-refractivity contribution is 0.152. The van der Waals surface area contributed by atoms with Gasteiger partial charge in [-0.1, -0.05) is 73.5 Å². The summed E-state index contributed by atoms with van der Waals surface area (Å²) in [5, 5.41) is 16.6. The van der Waals surface area contributed by atoms with Crippen molar-refractivity contribution >= 4 is 29.7 Å². The predicted octanol–water partition coefficient (Wildman–Crippen LogP) is 7.01. The minimum Gasteiger partial charge on any atom is -0.396 e. The molecule has 0 aromatic heterocycles. The molecule has 0 amide bonds. The maximum absolute atomic E-state index is 11.3. The van der Waals surface area contributed by atoms with Gasteiger partial charge in [-0.05, 0) is 78.9 Å². The zero-order valence-corrected chi connectivity index (χ0v) is 23.7. The summed E-state index contributed by atoms with van der Waals surface area (Å²) in [4.78, 5) is 38.6. The number of hydrogen-bond acceptors (Lipinski definition) is 9. The maximum atomic E-state index is 11.3. The number of rotatable bonds is 11. The standard InChI is InChI=1S/C15H10N2O2.C13H10O3.C6H14O2/c18-10-16-14-5-1-12(2-6-14)9-13-3-7-15(8-4-13)17-11-19;14-13(15-11-7-3-1-4-8-11)16-12-9-5-2-6-10-12;7-5-3-1-2-4-6-8/h1-8H,9H2;1-10H;7-8H,1-6H2. The fourth-order valence-electron chi connectivity index (χ4n) is 3.49. The van der Waals surface area contributed by atoms with E-state index in [1.54, 1.807) is 72.8 Å². The Bertz CT molecular complexity index is 1310. The quantitative estimate of drug-likeness (QED) is 0.0638. The van der Waals surface area contributed by atoms with E-state index in [0.717, 1.165) is 43.2 Å². The monoisotopic (exact) mass is 582 g/mol. The van der Waals surface area contributed by atoms with Crippen molar-refractivity contribution in [1.29, 1.82) is 0 Å². The highest BCUT2D eigenvalue weighted by atomic mass is 16.7. The van der Waals surface area contributed by atoms with E-state index < -0.39 is 6.16 Å². The Kier molecular flexibility index (Phi) is 17.1. The lowest BCUT2D eigenvalue weighted by Crippen LogP contribution is -2.13. The lowest BCUT2D eigenvalue weighted by atomic mass is 10.0. The number of aliphatic hydroxyl groups is 2. The Morgan fingerprint density at radius 3 is 1.26 bits per heavy atom. The molecule has 0 aliphatic carbocycles. The van der Waals surface area contributed by atoms with Crippen molar-refractivity contribution in [2.45, 2.75) is 32.1 Å². The van der Waals surface area contributed by atoms with Crippen LogP contribution in [0.5, 0.6) is 11.5 Å². The fourth-order valence-corrected chi connectivity index (χ4v) is 3.49. The molecule has 0 aliphatic rings. The van der Waals surface area contributed by atoms with E-state index in [-0.39, 0.29) is 13.2 Å². The molecule has 4 rings (SSSR count). The molecule has 0 saturated heterocycles. The van der Waals surface area contributed by atoms with Gasteiger partial charge in [-0.2, -0.15) is 9.98 Å². The van der Waals surface area contributed by atoms with E-state index in [0.29, 0.717) is 22.9 Å². The first kappa shape index (κ1) is 34.0. The van der Waals surface area contributed by atoms with Crippen LogP contribution < -0.4 is 9.47 Å². The molecule has 0 spiro atoms. The van der Waals surface area contributed by atoms with Crippen LogP contribution in [0.15, 0.2) is 119 Å². The van der Waals surface area contributed by atoms with Crippen molar-refractivity contribution < 1.29 is 34.1 Å². The van der Waals surface area contributed by atoms with Crippen LogP contribution in [0.4, 0.5) is 16.2 Å². The molecule has 0 saturated carbocycles. The third-order valence-corrected chi connectivity index (χ3v) is 5.59. The summed E-state index contributed by atoms with van der Waals surface area (Å²) >= 11 is 0. The summed E-state index contributed by atoms with van der Waals surface area (Å²) in [6.45, 7) is 0.566. The molecule has 0 radical (unpaired) electrons. The lowest BCUT2D eigenvalue weighted by Gasteiger charge is -2.04. The van der Waals surface area contributed by atoms with E-state index in [9.17, 15) is 14.4 Å². The van der Waals surface area contributed by atoms with Gasteiger partial charge < -0.3 is 19.7 Å². The fraction of sp³-hybridized carbons (Fsp3) is 0.206. The second-order valence-corrected chi connectivity index (χ2v) is 8.86.